The molecule has 1 N–H and O–H groups in total. The highest BCUT2D eigenvalue weighted by molar-refractivity contribution is 4.72. The minimum Gasteiger partial charge on any atom is -0.314 e. The number of rotatable bonds is 6. The highest BCUT2D eigenvalue weighted by Gasteiger charge is 2.28. The Kier molecular flexibility index (Phi) is 5.33. The SMILES string of the molecule is CCCN(C)CC(F)(F)CNC. The first kappa shape index (κ1) is 11.8. The second kappa shape index (κ2) is 5.43. The Morgan fingerprint density at radius 1 is 1.42 bits per heavy atom. The van der Waals surface area contributed by atoms with Crippen molar-refractivity contribution in [2.45, 2.75) is 19.3 Å². The molecular formula is C8H18F2N2. The summed E-state index contributed by atoms with van der Waals surface area (Å²) in [6.07, 6.45) is 0.909. The molecular weight excluding hydrogens is 162 g/mol. The van der Waals surface area contributed by atoms with E-state index < -0.39 is 5.92 Å². The van der Waals surface area contributed by atoms with Crippen molar-refractivity contribution >= 4 is 0 Å². The van der Waals surface area contributed by atoms with Crippen LogP contribution in [-0.2, 0) is 0 Å². The van der Waals surface area contributed by atoms with E-state index in [0.29, 0.717) is 0 Å². The van der Waals surface area contributed by atoms with E-state index in [1.54, 1.807) is 11.9 Å². The van der Waals surface area contributed by atoms with Crippen LogP contribution in [0.1, 0.15) is 13.3 Å². The molecule has 0 saturated heterocycles. The van der Waals surface area contributed by atoms with E-state index in [4.69, 9.17) is 0 Å². The molecule has 74 valence electrons. The lowest BCUT2D eigenvalue weighted by molar-refractivity contribution is -0.0232. The third-order valence-corrected chi connectivity index (χ3v) is 1.54. The van der Waals surface area contributed by atoms with Crippen LogP contribution in [0.3, 0.4) is 0 Å². The summed E-state index contributed by atoms with van der Waals surface area (Å²) in [5, 5.41) is 2.48. The van der Waals surface area contributed by atoms with Gasteiger partial charge in [0.1, 0.15) is 0 Å². The third-order valence-electron chi connectivity index (χ3n) is 1.54. The van der Waals surface area contributed by atoms with Crippen molar-refractivity contribution < 1.29 is 8.78 Å². The average Bonchev–Trinajstić information content (AvgIpc) is 1.85. The maximum absolute atomic E-state index is 12.9. The quantitative estimate of drug-likeness (QED) is 0.660. The molecule has 0 heterocycles. The van der Waals surface area contributed by atoms with E-state index in [1.165, 1.54) is 7.05 Å². The van der Waals surface area contributed by atoms with Gasteiger partial charge in [-0.2, -0.15) is 0 Å². The van der Waals surface area contributed by atoms with Crippen LogP contribution in [0.5, 0.6) is 0 Å². The van der Waals surface area contributed by atoms with E-state index >= 15 is 0 Å². The fraction of sp³-hybridized carbons (Fsp3) is 1.00. The zero-order chi connectivity index (χ0) is 9.61. The van der Waals surface area contributed by atoms with Gasteiger partial charge in [0.25, 0.3) is 5.92 Å². The summed E-state index contributed by atoms with van der Waals surface area (Å²) < 4.78 is 25.8. The first-order valence-corrected chi connectivity index (χ1v) is 4.23. The highest BCUT2D eigenvalue weighted by Crippen LogP contribution is 2.12. The summed E-state index contributed by atoms with van der Waals surface area (Å²) in [6, 6.07) is 0. The maximum atomic E-state index is 12.9. The zero-order valence-corrected chi connectivity index (χ0v) is 8.03. The van der Waals surface area contributed by atoms with Crippen LogP contribution < -0.4 is 5.32 Å². The fourth-order valence-electron chi connectivity index (χ4n) is 1.17. The Morgan fingerprint density at radius 3 is 2.42 bits per heavy atom. The Bertz CT molecular complexity index is 118. The van der Waals surface area contributed by atoms with Crippen LogP contribution in [0.25, 0.3) is 0 Å². The molecule has 0 radical (unpaired) electrons. The van der Waals surface area contributed by atoms with Gasteiger partial charge in [-0.05, 0) is 27.1 Å². The summed E-state index contributed by atoms with van der Waals surface area (Å²) in [6.45, 7) is 2.29. The molecule has 0 aliphatic carbocycles. The first-order chi connectivity index (χ1) is 5.52. The standard InChI is InChI=1S/C8H18F2N2/c1-4-5-12(3)7-8(9,10)6-11-2/h11H,4-7H2,1-3H3. The smallest absolute Gasteiger partial charge is 0.272 e. The van der Waals surface area contributed by atoms with E-state index in [2.05, 4.69) is 5.32 Å². The lowest BCUT2D eigenvalue weighted by Gasteiger charge is -2.22. The van der Waals surface area contributed by atoms with Gasteiger partial charge >= 0.3 is 0 Å². The Hall–Kier alpha value is -0.220. The minimum atomic E-state index is -2.61. The van der Waals surface area contributed by atoms with Crippen LogP contribution in [0.15, 0.2) is 0 Å². The molecule has 0 spiro atoms. The van der Waals surface area contributed by atoms with Gasteiger partial charge in [0, 0.05) is 0 Å². The van der Waals surface area contributed by atoms with Gasteiger partial charge in [0.2, 0.25) is 0 Å². The van der Waals surface area contributed by atoms with Crippen LogP contribution in [0.2, 0.25) is 0 Å². The molecule has 0 fully saturated rings. The zero-order valence-electron chi connectivity index (χ0n) is 8.03. The topological polar surface area (TPSA) is 15.3 Å². The Morgan fingerprint density at radius 2 is 2.00 bits per heavy atom. The molecule has 0 saturated carbocycles. The van der Waals surface area contributed by atoms with Gasteiger partial charge in [-0.15, -0.1) is 0 Å². The first-order valence-electron chi connectivity index (χ1n) is 4.23. The van der Waals surface area contributed by atoms with Gasteiger partial charge in [0.15, 0.2) is 0 Å². The van der Waals surface area contributed by atoms with Crippen molar-refractivity contribution in [1.82, 2.24) is 10.2 Å². The average molecular weight is 180 g/mol. The summed E-state index contributed by atoms with van der Waals surface area (Å²) >= 11 is 0. The van der Waals surface area contributed by atoms with Gasteiger partial charge < -0.3 is 10.2 Å². The number of nitrogens with one attached hydrogen (secondary N) is 1. The second-order valence-corrected chi connectivity index (χ2v) is 3.12. The van der Waals surface area contributed by atoms with Gasteiger partial charge in [0.05, 0.1) is 13.1 Å². The maximum Gasteiger partial charge on any atom is 0.272 e. The molecule has 0 aliphatic heterocycles. The van der Waals surface area contributed by atoms with E-state index in [-0.39, 0.29) is 13.1 Å². The number of nitrogens with zero attached hydrogens (tertiary/aromatic N) is 1. The molecule has 2 nitrogen and oxygen atoms in total. The predicted octanol–water partition coefficient (Wildman–Crippen LogP) is 1.18. The predicted molar refractivity (Wildman–Crippen MR) is 46.7 cm³/mol. The molecule has 0 aromatic carbocycles. The summed E-state index contributed by atoms with van der Waals surface area (Å²) in [4.78, 5) is 1.65. The molecule has 0 aromatic heterocycles. The van der Waals surface area contributed by atoms with Gasteiger partial charge in [-0.25, -0.2) is 8.78 Å². The molecule has 0 bridgehead atoms. The number of alkyl halides is 2. The Balaban J connectivity index is 3.70. The van der Waals surface area contributed by atoms with E-state index in [0.717, 1.165) is 13.0 Å². The van der Waals surface area contributed by atoms with Gasteiger partial charge in [-0.3, -0.25) is 0 Å². The highest BCUT2D eigenvalue weighted by atomic mass is 19.3. The monoisotopic (exact) mass is 180 g/mol. The minimum absolute atomic E-state index is 0.165. The lowest BCUT2D eigenvalue weighted by Crippen LogP contribution is -2.41. The van der Waals surface area contributed by atoms with Crippen LogP contribution in [0, 0.1) is 0 Å². The van der Waals surface area contributed by atoms with Gasteiger partial charge in [-0.1, -0.05) is 6.92 Å². The molecule has 0 unspecified atom stereocenters. The number of hydrogen-bond acceptors (Lipinski definition) is 2. The van der Waals surface area contributed by atoms with Crippen molar-refractivity contribution in [3.63, 3.8) is 0 Å². The third kappa shape index (κ3) is 5.43. The van der Waals surface area contributed by atoms with Crippen molar-refractivity contribution in [2.75, 3.05) is 33.7 Å². The number of halogens is 2. The summed E-state index contributed by atoms with van der Waals surface area (Å²) in [5.41, 5.74) is 0. The fourth-order valence-corrected chi connectivity index (χ4v) is 1.17. The summed E-state index contributed by atoms with van der Waals surface area (Å²) in [7, 11) is 3.25. The van der Waals surface area contributed by atoms with Crippen LogP contribution in [0.4, 0.5) is 8.78 Å². The van der Waals surface area contributed by atoms with E-state index in [9.17, 15) is 8.78 Å². The molecule has 4 heteroatoms. The molecule has 0 atom stereocenters. The van der Waals surface area contributed by atoms with Crippen LogP contribution in [-0.4, -0.2) is 44.6 Å². The van der Waals surface area contributed by atoms with Crippen molar-refractivity contribution in [3.05, 3.63) is 0 Å². The lowest BCUT2D eigenvalue weighted by atomic mass is 10.3. The molecule has 0 rings (SSSR count). The van der Waals surface area contributed by atoms with Crippen molar-refractivity contribution in [1.29, 1.82) is 0 Å². The summed E-state index contributed by atoms with van der Waals surface area (Å²) in [5.74, 6) is -2.61. The normalized spacial score (nSPS) is 12.5. The molecule has 0 aromatic rings. The molecule has 0 amide bonds. The number of hydrogen-bond donors (Lipinski definition) is 1. The van der Waals surface area contributed by atoms with Crippen molar-refractivity contribution in [2.24, 2.45) is 0 Å². The van der Waals surface area contributed by atoms with E-state index in [1.807, 2.05) is 6.92 Å². The van der Waals surface area contributed by atoms with Crippen LogP contribution >= 0.6 is 0 Å². The molecule has 0 aliphatic rings. The van der Waals surface area contributed by atoms with Crippen molar-refractivity contribution in [3.8, 4) is 0 Å². The largest absolute Gasteiger partial charge is 0.314 e. The Labute approximate surface area is 72.9 Å². The molecule has 12 heavy (non-hydrogen) atoms. The second-order valence-electron chi connectivity index (χ2n) is 3.12.